The summed E-state index contributed by atoms with van der Waals surface area (Å²) in [7, 11) is -3.62. The largest absolute Gasteiger partial charge is 0.276 e. The summed E-state index contributed by atoms with van der Waals surface area (Å²) in [5.41, 5.74) is 2.83. The van der Waals surface area contributed by atoms with Crippen LogP contribution in [-0.2, 0) is 10.0 Å². The van der Waals surface area contributed by atoms with Crippen molar-refractivity contribution >= 4 is 33.9 Å². The molecule has 1 N–H and O–H groups in total. The van der Waals surface area contributed by atoms with E-state index in [0.717, 1.165) is 12.8 Å². The Morgan fingerprint density at radius 1 is 1.13 bits per heavy atom. The van der Waals surface area contributed by atoms with Crippen LogP contribution in [0.15, 0.2) is 64.6 Å². The van der Waals surface area contributed by atoms with Crippen molar-refractivity contribution in [3.63, 3.8) is 0 Å². The summed E-state index contributed by atoms with van der Waals surface area (Å²) < 4.78 is 26.7. The van der Waals surface area contributed by atoms with Crippen molar-refractivity contribution in [3.8, 4) is 0 Å². The van der Waals surface area contributed by atoms with Gasteiger partial charge in [-0.2, -0.15) is 9.41 Å². The number of nitrogens with zero attached hydrogens (tertiary/aromatic N) is 3. The molecule has 156 valence electrons. The monoisotopic (exact) mass is 428 g/mol. The van der Waals surface area contributed by atoms with Crippen molar-refractivity contribution < 1.29 is 18.1 Å². The zero-order chi connectivity index (χ0) is 21.6. The van der Waals surface area contributed by atoms with E-state index in [1.807, 2.05) is 0 Å². The number of hydrogen-bond donors (Lipinski definition) is 1. The molecule has 0 radical (unpaired) electrons. The van der Waals surface area contributed by atoms with Crippen LogP contribution >= 0.6 is 0 Å². The van der Waals surface area contributed by atoms with Crippen LogP contribution in [0.3, 0.4) is 0 Å². The molecule has 0 spiro atoms. The van der Waals surface area contributed by atoms with Crippen LogP contribution in [-0.4, -0.2) is 42.9 Å². The maximum atomic E-state index is 12.6. The fourth-order valence-electron chi connectivity index (χ4n) is 3.02. The van der Waals surface area contributed by atoms with Gasteiger partial charge in [-0.05, 0) is 49.3 Å². The topological polar surface area (TPSA) is 122 Å². The third-order valence-electron chi connectivity index (χ3n) is 4.53. The molecule has 0 aliphatic carbocycles. The molecule has 3 rings (SSSR count). The second kappa shape index (κ2) is 9.42. The third kappa shape index (κ3) is 4.97. The van der Waals surface area contributed by atoms with Crippen LogP contribution in [0.1, 0.15) is 28.8 Å². The summed E-state index contributed by atoms with van der Waals surface area (Å²) in [6, 6.07) is 12.0. The van der Waals surface area contributed by atoms with Crippen LogP contribution in [0.2, 0.25) is 0 Å². The van der Waals surface area contributed by atoms with Gasteiger partial charge in [0.1, 0.15) is 0 Å². The lowest BCUT2D eigenvalue weighted by molar-refractivity contribution is -0.385. The van der Waals surface area contributed by atoms with Gasteiger partial charge in [0, 0.05) is 30.9 Å². The number of sulfonamides is 1. The molecular weight excluding hydrogens is 408 g/mol. The van der Waals surface area contributed by atoms with Crippen molar-refractivity contribution in [2.45, 2.75) is 17.7 Å². The van der Waals surface area contributed by atoms with E-state index in [1.165, 1.54) is 53.0 Å². The Kier molecular flexibility index (Phi) is 6.70. The van der Waals surface area contributed by atoms with Gasteiger partial charge in [-0.25, -0.2) is 13.8 Å². The number of rotatable bonds is 7. The lowest BCUT2D eigenvalue weighted by atomic mass is 10.2. The summed E-state index contributed by atoms with van der Waals surface area (Å²) in [4.78, 5) is 22.8. The van der Waals surface area contributed by atoms with E-state index in [9.17, 15) is 23.3 Å². The Morgan fingerprint density at radius 3 is 2.60 bits per heavy atom. The highest BCUT2D eigenvalue weighted by Crippen LogP contribution is 2.21. The van der Waals surface area contributed by atoms with Gasteiger partial charge >= 0.3 is 0 Å². The number of para-hydroxylation sites is 1. The normalized spacial score (nSPS) is 15.1. The quantitative estimate of drug-likeness (QED) is 0.413. The van der Waals surface area contributed by atoms with E-state index >= 15 is 0 Å². The molecule has 2 aromatic rings. The van der Waals surface area contributed by atoms with E-state index in [2.05, 4.69) is 10.5 Å². The van der Waals surface area contributed by atoms with E-state index in [-0.39, 0.29) is 16.1 Å². The minimum Gasteiger partial charge on any atom is -0.267 e. The highest BCUT2D eigenvalue weighted by Gasteiger charge is 2.27. The molecule has 9 nitrogen and oxygen atoms in total. The first-order chi connectivity index (χ1) is 14.4. The first kappa shape index (κ1) is 21.3. The SMILES string of the molecule is O=C(N/N=C\C=C\c1ccccc1[N+](=O)[O-])c1cccc(S(=O)(=O)N2CCCC2)c1. The zero-order valence-electron chi connectivity index (χ0n) is 16.0. The molecule has 0 saturated carbocycles. The molecular formula is C20H20N4O5S. The highest BCUT2D eigenvalue weighted by atomic mass is 32.2. The molecule has 1 aliphatic heterocycles. The predicted molar refractivity (Wildman–Crippen MR) is 113 cm³/mol. The van der Waals surface area contributed by atoms with E-state index in [1.54, 1.807) is 18.2 Å². The number of hydrazone groups is 1. The summed E-state index contributed by atoms with van der Waals surface area (Å²) >= 11 is 0. The van der Waals surface area contributed by atoms with E-state index in [0.29, 0.717) is 18.7 Å². The van der Waals surface area contributed by atoms with Crippen LogP contribution in [0.4, 0.5) is 5.69 Å². The highest BCUT2D eigenvalue weighted by molar-refractivity contribution is 7.89. The van der Waals surface area contributed by atoms with Gasteiger partial charge in [-0.1, -0.05) is 18.2 Å². The number of nitrogens with one attached hydrogen (secondary N) is 1. The van der Waals surface area contributed by atoms with Gasteiger partial charge in [-0.15, -0.1) is 0 Å². The Hall–Kier alpha value is -3.37. The van der Waals surface area contributed by atoms with Crippen molar-refractivity contribution in [3.05, 3.63) is 75.8 Å². The van der Waals surface area contributed by atoms with Crippen LogP contribution in [0, 0.1) is 10.1 Å². The van der Waals surface area contributed by atoms with E-state index in [4.69, 9.17) is 0 Å². The average molecular weight is 428 g/mol. The standard InChI is InChI=1S/C20H20N4O5S/c25-20(22-21-12-6-9-16-7-1-2-11-19(16)24(26)27)17-8-5-10-18(15-17)30(28,29)23-13-3-4-14-23/h1-2,5-12,15H,3-4,13-14H2,(H,22,25)/b9-6+,21-12-. The molecule has 0 atom stereocenters. The Balaban J connectivity index is 1.65. The van der Waals surface area contributed by atoms with Crippen molar-refractivity contribution in [1.82, 2.24) is 9.73 Å². The van der Waals surface area contributed by atoms with Crippen molar-refractivity contribution in [2.24, 2.45) is 5.10 Å². The lowest BCUT2D eigenvalue weighted by Crippen LogP contribution is -2.28. The summed E-state index contributed by atoms with van der Waals surface area (Å²) in [6.45, 7) is 0.962. The molecule has 1 heterocycles. The molecule has 2 aromatic carbocycles. The second-order valence-corrected chi connectivity index (χ2v) is 8.47. The number of nitro groups is 1. The van der Waals surface area contributed by atoms with Crippen molar-refractivity contribution in [1.29, 1.82) is 0 Å². The average Bonchev–Trinajstić information content (AvgIpc) is 3.29. The molecule has 0 unspecified atom stereocenters. The van der Waals surface area contributed by atoms with Crippen LogP contribution < -0.4 is 5.43 Å². The minimum absolute atomic E-state index is 0.0396. The maximum Gasteiger partial charge on any atom is 0.276 e. The fourth-order valence-corrected chi connectivity index (χ4v) is 4.58. The molecule has 10 heteroatoms. The van der Waals surface area contributed by atoms with Gasteiger partial charge in [-0.3, -0.25) is 14.9 Å². The molecule has 0 bridgehead atoms. The fraction of sp³-hybridized carbons (Fsp3) is 0.200. The molecule has 1 fully saturated rings. The Morgan fingerprint density at radius 2 is 1.87 bits per heavy atom. The van der Waals surface area contributed by atoms with Gasteiger partial charge in [0.25, 0.3) is 11.6 Å². The number of amides is 1. The van der Waals surface area contributed by atoms with Gasteiger partial charge in [0.15, 0.2) is 0 Å². The van der Waals surface area contributed by atoms with Gasteiger partial charge < -0.3 is 0 Å². The minimum atomic E-state index is -3.62. The van der Waals surface area contributed by atoms with Crippen LogP contribution in [0.25, 0.3) is 6.08 Å². The number of hydrogen-bond acceptors (Lipinski definition) is 6. The Labute approximate surface area is 173 Å². The molecule has 30 heavy (non-hydrogen) atoms. The zero-order valence-corrected chi connectivity index (χ0v) is 16.8. The summed E-state index contributed by atoms with van der Waals surface area (Å²) in [5, 5.41) is 14.7. The number of carbonyl (C=O) groups excluding carboxylic acids is 1. The van der Waals surface area contributed by atoms with Crippen molar-refractivity contribution in [2.75, 3.05) is 13.1 Å². The second-order valence-electron chi connectivity index (χ2n) is 6.53. The molecule has 0 aromatic heterocycles. The summed E-state index contributed by atoms with van der Waals surface area (Å²) in [5.74, 6) is -0.566. The third-order valence-corrected chi connectivity index (χ3v) is 6.43. The maximum absolute atomic E-state index is 12.6. The first-order valence-corrected chi connectivity index (χ1v) is 10.7. The number of benzene rings is 2. The number of nitro benzene ring substituents is 1. The van der Waals surface area contributed by atoms with Gasteiger partial charge in [0.2, 0.25) is 10.0 Å². The summed E-state index contributed by atoms with van der Waals surface area (Å²) in [6.07, 6.45) is 5.88. The molecule has 1 aliphatic rings. The predicted octanol–water partition coefficient (Wildman–Crippen LogP) is 2.81. The lowest BCUT2D eigenvalue weighted by Gasteiger charge is -2.15. The molecule has 1 saturated heterocycles. The molecule has 1 amide bonds. The number of allylic oxidation sites excluding steroid dienone is 1. The van der Waals surface area contributed by atoms with Crippen LogP contribution in [0.5, 0.6) is 0 Å². The van der Waals surface area contributed by atoms with E-state index < -0.39 is 20.9 Å². The Bertz CT molecular complexity index is 1110. The number of carbonyl (C=O) groups is 1. The smallest absolute Gasteiger partial charge is 0.267 e. The first-order valence-electron chi connectivity index (χ1n) is 9.23. The van der Waals surface area contributed by atoms with Gasteiger partial charge in [0.05, 0.1) is 15.4 Å².